The standard InChI is InChI=1S/C30H50O3/c1-20(9-8-14-25(2,3)32)21-12-15-28(7)22-13-16-30-23(10-11-24(31)26(30,4)5)29(22,19-33-30)18-17-27(21,28)6/h13,16,20-24,31-32H,8-12,14-15,17-19H2,1-7H3/t20-,21-,22+,23+,24+,27-,28+,29+,30+/m1/s1. The van der Waals surface area contributed by atoms with Crippen LogP contribution in [-0.2, 0) is 4.74 Å². The summed E-state index contributed by atoms with van der Waals surface area (Å²) in [4.78, 5) is 0. The molecule has 3 heteroatoms. The molecule has 0 aromatic rings. The summed E-state index contributed by atoms with van der Waals surface area (Å²) in [7, 11) is 0. The molecule has 0 amide bonds. The van der Waals surface area contributed by atoms with Gasteiger partial charge in [-0.2, -0.15) is 0 Å². The van der Waals surface area contributed by atoms with Crippen LogP contribution in [-0.4, -0.2) is 34.1 Å². The number of rotatable bonds is 5. The van der Waals surface area contributed by atoms with Crippen LogP contribution in [0.3, 0.4) is 0 Å². The molecular weight excluding hydrogens is 408 g/mol. The van der Waals surface area contributed by atoms with Gasteiger partial charge in [-0.15, -0.1) is 0 Å². The SMILES string of the molecule is C[C@H](CCCC(C)(C)O)[C@H]1CC[C@@]2(C)[C@@H]3C=C[C@]45OC[C@]3(CC[C@]12C)[C@@H]4CC[C@H](O)C5(C)C. The molecule has 1 aliphatic heterocycles. The zero-order valence-corrected chi connectivity index (χ0v) is 22.4. The normalized spacial score (nSPS) is 51.1. The van der Waals surface area contributed by atoms with Gasteiger partial charge in [-0.25, -0.2) is 0 Å². The summed E-state index contributed by atoms with van der Waals surface area (Å²) in [5.41, 5.74) is -0.123. The van der Waals surface area contributed by atoms with E-state index in [0.717, 1.165) is 38.2 Å². The van der Waals surface area contributed by atoms with Crippen LogP contribution >= 0.6 is 0 Å². The van der Waals surface area contributed by atoms with Crippen molar-refractivity contribution in [3.05, 3.63) is 12.2 Å². The van der Waals surface area contributed by atoms with Crippen molar-refractivity contribution in [2.24, 2.45) is 45.3 Å². The number of hydrogen-bond acceptors (Lipinski definition) is 3. The van der Waals surface area contributed by atoms with Gasteiger partial charge in [0.1, 0.15) is 0 Å². The fraction of sp³-hybridized carbons (Fsp3) is 0.933. The van der Waals surface area contributed by atoms with Crippen LogP contribution in [0.15, 0.2) is 12.2 Å². The summed E-state index contributed by atoms with van der Waals surface area (Å²) >= 11 is 0. The van der Waals surface area contributed by atoms with Crippen molar-refractivity contribution < 1.29 is 14.9 Å². The highest BCUT2D eigenvalue weighted by Crippen LogP contribution is 2.77. The minimum atomic E-state index is -0.547. The van der Waals surface area contributed by atoms with E-state index in [1.54, 1.807) is 0 Å². The maximum atomic E-state index is 10.9. The highest BCUT2D eigenvalue weighted by atomic mass is 16.5. The van der Waals surface area contributed by atoms with E-state index in [4.69, 9.17) is 4.74 Å². The third-order valence-corrected chi connectivity index (χ3v) is 12.5. The van der Waals surface area contributed by atoms with E-state index in [1.165, 1.54) is 32.1 Å². The largest absolute Gasteiger partial charge is 0.392 e. The Morgan fingerprint density at radius 3 is 2.45 bits per heavy atom. The summed E-state index contributed by atoms with van der Waals surface area (Å²) in [6.07, 6.45) is 15.3. The molecule has 2 bridgehead atoms. The highest BCUT2D eigenvalue weighted by Gasteiger charge is 2.75. The highest BCUT2D eigenvalue weighted by molar-refractivity contribution is 5.33. The van der Waals surface area contributed by atoms with Gasteiger partial charge in [0.25, 0.3) is 0 Å². The van der Waals surface area contributed by atoms with Gasteiger partial charge < -0.3 is 14.9 Å². The second kappa shape index (κ2) is 7.32. The maximum absolute atomic E-state index is 10.9. The van der Waals surface area contributed by atoms with Crippen LogP contribution in [0.25, 0.3) is 0 Å². The molecule has 4 fully saturated rings. The van der Waals surface area contributed by atoms with E-state index < -0.39 is 5.60 Å². The van der Waals surface area contributed by atoms with Gasteiger partial charge in [-0.05, 0) is 87.4 Å². The van der Waals surface area contributed by atoms with Gasteiger partial charge in [-0.3, -0.25) is 0 Å². The zero-order valence-electron chi connectivity index (χ0n) is 22.4. The van der Waals surface area contributed by atoms with Crippen LogP contribution in [0.4, 0.5) is 0 Å². The minimum Gasteiger partial charge on any atom is -0.392 e. The van der Waals surface area contributed by atoms with Crippen molar-refractivity contribution in [2.75, 3.05) is 6.61 Å². The predicted octanol–water partition coefficient (Wildman–Crippen LogP) is 6.52. The van der Waals surface area contributed by atoms with Crippen LogP contribution in [0.5, 0.6) is 0 Å². The van der Waals surface area contributed by atoms with E-state index in [-0.39, 0.29) is 22.5 Å². The van der Waals surface area contributed by atoms with Crippen LogP contribution in [0.1, 0.15) is 106 Å². The van der Waals surface area contributed by atoms with Crippen LogP contribution in [0.2, 0.25) is 0 Å². The smallest absolute Gasteiger partial charge is 0.0972 e. The molecule has 3 saturated carbocycles. The zero-order chi connectivity index (χ0) is 24.1. The Hall–Kier alpha value is -0.380. The number of fused-ring (bicyclic) bond motifs is 2. The summed E-state index contributed by atoms with van der Waals surface area (Å²) < 4.78 is 6.83. The quantitative estimate of drug-likeness (QED) is 0.461. The minimum absolute atomic E-state index is 0.226. The second-order valence-electron chi connectivity index (χ2n) is 14.7. The fourth-order valence-corrected chi connectivity index (χ4v) is 10.3. The molecule has 0 unspecified atom stereocenters. The Morgan fingerprint density at radius 2 is 1.76 bits per heavy atom. The molecule has 5 rings (SSSR count). The molecule has 3 nitrogen and oxygen atoms in total. The van der Waals surface area contributed by atoms with Gasteiger partial charge in [0.15, 0.2) is 0 Å². The van der Waals surface area contributed by atoms with Crippen molar-refractivity contribution in [3.63, 3.8) is 0 Å². The number of ether oxygens (including phenoxy) is 1. The van der Waals surface area contributed by atoms with E-state index in [1.807, 2.05) is 13.8 Å². The Kier molecular flexibility index (Phi) is 5.40. The van der Waals surface area contributed by atoms with Crippen molar-refractivity contribution in [1.82, 2.24) is 0 Å². The molecule has 33 heavy (non-hydrogen) atoms. The first kappa shape index (κ1) is 24.3. The molecule has 9 atom stereocenters. The Balaban J connectivity index is 1.44. The van der Waals surface area contributed by atoms with Gasteiger partial charge >= 0.3 is 0 Å². The number of aliphatic hydroxyl groups is 2. The predicted molar refractivity (Wildman–Crippen MR) is 134 cm³/mol. The molecule has 2 N–H and O–H groups in total. The van der Waals surface area contributed by atoms with Crippen LogP contribution < -0.4 is 0 Å². The average Bonchev–Trinajstić information content (AvgIpc) is 3.11. The topological polar surface area (TPSA) is 49.7 Å². The van der Waals surface area contributed by atoms with Crippen molar-refractivity contribution in [1.29, 1.82) is 0 Å². The molecule has 0 aromatic heterocycles. The van der Waals surface area contributed by atoms with Gasteiger partial charge in [0.05, 0.1) is 23.9 Å². The molecular formula is C30H50O3. The lowest BCUT2D eigenvalue weighted by molar-refractivity contribution is -0.169. The van der Waals surface area contributed by atoms with E-state index in [9.17, 15) is 10.2 Å². The van der Waals surface area contributed by atoms with E-state index in [2.05, 4.69) is 46.8 Å². The Labute approximate surface area is 202 Å². The summed E-state index contributed by atoms with van der Waals surface area (Å²) in [6, 6.07) is 0. The molecule has 188 valence electrons. The molecule has 1 heterocycles. The lowest BCUT2D eigenvalue weighted by Gasteiger charge is -2.65. The Morgan fingerprint density at radius 1 is 1.03 bits per heavy atom. The first-order chi connectivity index (χ1) is 15.2. The van der Waals surface area contributed by atoms with Crippen molar-refractivity contribution in [3.8, 4) is 0 Å². The molecule has 5 aliphatic rings. The molecule has 1 saturated heterocycles. The number of hydrogen-bond donors (Lipinski definition) is 2. The maximum Gasteiger partial charge on any atom is 0.0972 e. The number of aliphatic hydroxyl groups excluding tert-OH is 1. The van der Waals surface area contributed by atoms with Gasteiger partial charge in [-0.1, -0.05) is 59.6 Å². The van der Waals surface area contributed by atoms with Gasteiger partial charge in [0.2, 0.25) is 0 Å². The summed E-state index contributed by atoms with van der Waals surface area (Å²) in [5, 5.41) is 21.1. The van der Waals surface area contributed by atoms with Gasteiger partial charge in [0, 0.05) is 16.7 Å². The third kappa shape index (κ3) is 3.03. The van der Waals surface area contributed by atoms with Crippen molar-refractivity contribution in [2.45, 2.75) is 124 Å². The first-order valence-corrected chi connectivity index (χ1v) is 14.0. The summed E-state index contributed by atoms with van der Waals surface area (Å²) in [6.45, 7) is 17.0. The third-order valence-electron chi connectivity index (χ3n) is 12.5. The molecule has 4 aliphatic carbocycles. The monoisotopic (exact) mass is 458 g/mol. The Bertz CT molecular complexity index is 810. The molecule has 0 radical (unpaired) electrons. The first-order valence-electron chi connectivity index (χ1n) is 14.0. The lowest BCUT2D eigenvalue weighted by Crippen LogP contribution is -2.64. The lowest BCUT2D eigenvalue weighted by atomic mass is 9.38. The van der Waals surface area contributed by atoms with E-state index >= 15 is 0 Å². The van der Waals surface area contributed by atoms with Crippen LogP contribution in [0, 0.1) is 45.3 Å². The molecule has 1 spiro atoms. The summed E-state index contributed by atoms with van der Waals surface area (Å²) in [5.74, 6) is 2.61. The molecule has 0 aromatic carbocycles. The van der Waals surface area contributed by atoms with E-state index in [0.29, 0.717) is 28.6 Å². The number of allylic oxidation sites excluding steroid dienone is 1. The second-order valence-corrected chi connectivity index (χ2v) is 14.7. The fourth-order valence-electron chi connectivity index (χ4n) is 10.3. The van der Waals surface area contributed by atoms with Crippen molar-refractivity contribution >= 4 is 0 Å². The average molecular weight is 459 g/mol.